The lowest BCUT2D eigenvalue weighted by Gasteiger charge is -2.26. The Labute approximate surface area is 138 Å². The lowest BCUT2D eigenvalue weighted by molar-refractivity contribution is -0.118. The van der Waals surface area contributed by atoms with Crippen LogP contribution in [0.4, 0.5) is 0 Å². The molecule has 1 fully saturated rings. The molecular formula is C16H27N3O3S. The molecule has 6 nitrogen and oxygen atoms in total. The lowest BCUT2D eigenvalue weighted by Crippen LogP contribution is -2.25. The third kappa shape index (κ3) is 4.34. The van der Waals surface area contributed by atoms with E-state index in [1.54, 1.807) is 0 Å². The number of hydrogen-bond donors (Lipinski definition) is 1. The summed E-state index contributed by atoms with van der Waals surface area (Å²) in [4.78, 5) is 15.2. The van der Waals surface area contributed by atoms with Crippen molar-refractivity contribution in [3.05, 3.63) is 11.4 Å². The van der Waals surface area contributed by atoms with Gasteiger partial charge in [0.1, 0.15) is 0 Å². The number of amides is 1. The summed E-state index contributed by atoms with van der Waals surface area (Å²) in [6.07, 6.45) is 5.95. The van der Waals surface area contributed by atoms with Crippen molar-refractivity contribution in [3.63, 3.8) is 0 Å². The predicted octanol–water partition coefficient (Wildman–Crippen LogP) is 2.31. The van der Waals surface area contributed by atoms with E-state index in [4.69, 9.17) is 0 Å². The molecule has 0 bridgehead atoms. The maximum absolute atomic E-state index is 12.7. The number of carbonyl (C=O) groups excluding carboxylic acids is 1. The molecule has 0 radical (unpaired) electrons. The normalized spacial score (nSPS) is 16.5. The van der Waals surface area contributed by atoms with Gasteiger partial charge in [-0.2, -0.15) is 0 Å². The van der Waals surface area contributed by atoms with Gasteiger partial charge in [-0.05, 0) is 33.1 Å². The Morgan fingerprint density at radius 2 is 1.91 bits per heavy atom. The fraction of sp³-hybridized carbons (Fsp3) is 0.750. The van der Waals surface area contributed by atoms with Crippen molar-refractivity contribution in [2.24, 2.45) is 0 Å². The third-order valence-electron chi connectivity index (χ3n) is 4.54. The van der Waals surface area contributed by atoms with Gasteiger partial charge in [-0.15, -0.1) is 0 Å². The maximum atomic E-state index is 12.7. The fourth-order valence-electron chi connectivity index (χ4n) is 3.20. The molecule has 1 amide bonds. The van der Waals surface area contributed by atoms with Crippen LogP contribution in [0.5, 0.6) is 0 Å². The van der Waals surface area contributed by atoms with E-state index in [9.17, 15) is 13.2 Å². The summed E-state index contributed by atoms with van der Waals surface area (Å²) in [6, 6.07) is 0.241. The molecule has 7 heteroatoms. The van der Waals surface area contributed by atoms with Crippen LogP contribution in [0, 0.1) is 13.8 Å². The number of sulfone groups is 1. The Morgan fingerprint density at radius 3 is 2.52 bits per heavy atom. The smallest absolute Gasteiger partial charge is 0.228 e. The molecule has 23 heavy (non-hydrogen) atoms. The topological polar surface area (TPSA) is 81.1 Å². The minimum absolute atomic E-state index is 0.00981. The second-order valence-corrected chi connectivity index (χ2v) is 8.39. The van der Waals surface area contributed by atoms with Crippen LogP contribution < -0.4 is 5.32 Å². The highest BCUT2D eigenvalue weighted by Crippen LogP contribution is 2.32. The van der Waals surface area contributed by atoms with Crippen LogP contribution >= 0.6 is 0 Å². The highest BCUT2D eigenvalue weighted by Gasteiger charge is 2.28. The molecule has 0 atom stereocenters. The zero-order chi connectivity index (χ0) is 17.0. The zero-order valence-electron chi connectivity index (χ0n) is 14.3. The van der Waals surface area contributed by atoms with Gasteiger partial charge >= 0.3 is 0 Å². The summed E-state index contributed by atoms with van der Waals surface area (Å²) in [5.74, 6) is -0.131. The van der Waals surface area contributed by atoms with Gasteiger partial charge in [-0.3, -0.25) is 4.79 Å². The molecule has 0 unspecified atom stereocenters. The van der Waals surface area contributed by atoms with Gasteiger partial charge in [-0.25, -0.2) is 13.4 Å². The van der Waals surface area contributed by atoms with E-state index in [1.807, 2.05) is 18.4 Å². The summed E-state index contributed by atoms with van der Waals surface area (Å²) >= 11 is 0. The van der Waals surface area contributed by atoms with Gasteiger partial charge in [0.25, 0.3) is 0 Å². The monoisotopic (exact) mass is 341 g/mol. The predicted molar refractivity (Wildman–Crippen MR) is 89.2 cm³/mol. The molecule has 1 aliphatic carbocycles. The van der Waals surface area contributed by atoms with Crippen LogP contribution in [0.1, 0.15) is 62.9 Å². The molecule has 0 aromatic carbocycles. The number of nitrogens with one attached hydrogen (secondary N) is 1. The van der Waals surface area contributed by atoms with Crippen molar-refractivity contribution >= 4 is 15.7 Å². The second-order valence-electron chi connectivity index (χ2n) is 6.38. The highest BCUT2D eigenvalue weighted by molar-refractivity contribution is 7.91. The molecule has 1 aromatic rings. The second kappa shape index (κ2) is 7.47. The van der Waals surface area contributed by atoms with E-state index in [-0.39, 0.29) is 22.9 Å². The van der Waals surface area contributed by atoms with Crippen molar-refractivity contribution in [2.75, 3.05) is 12.3 Å². The van der Waals surface area contributed by atoms with Crippen LogP contribution in [-0.2, 0) is 14.6 Å². The van der Waals surface area contributed by atoms with Crippen LogP contribution in [0.25, 0.3) is 0 Å². The zero-order valence-corrected chi connectivity index (χ0v) is 15.1. The minimum atomic E-state index is -3.44. The molecule has 130 valence electrons. The first kappa shape index (κ1) is 18.0. The van der Waals surface area contributed by atoms with Crippen molar-refractivity contribution in [1.82, 2.24) is 14.9 Å². The Kier molecular flexibility index (Phi) is 5.84. The number of hydrogen-bond acceptors (Lipinski definition) is 4. The first-order valence-electron chi connectivity index (χ1n) is 8.35. The summed E-state index contributed by atoms with van der Waals surface area (Å²) in [6.45, 7) is 5.62. The van der Waals surface area contributed by atoms with Crippen molar-refractivity contribution in [1.29, 1.82) is 0 Å². The summed E-state index contributed by atoms with van der Waals surface area (Å²) in [5, 5.41) is 2.84. The SMILES string of the molecule is CC(=O)NCCCS(=O)(=O)c1nc(C)c(C)n1C1CCCCC1. The quantitative estimate of drug-likeness (QED) is 0.805. The first-order chi connectivity index (χ1) is 10.8. The highest BCUT2D eigenvalue weighted by atomic mass is 32.2. The molecule has 1 aromatic heterocycles. The van der Waals surface area contributed by atoms with Crippen molar-refractivity contribution < 1.29 is 13.2 Å². The van der Waals surface area contributed by atoms with Gasteiger partial charge in [0.05, 0.1) is 11.4 Å². The van der Waals surface area contributed by atoms with Crippen LogP contribution in [0.2, 0.25) is 0 Å². The Hall–Kier alpha value is -1.37. The van der Waals surface area contributed by atoms with E-state index in [2.05, 4.69) is 10.3 Å². The van der Waals surface area contributed by atoms with Crippen molar-refractivity contribution in [2.45, 2.75) is 70.5 Å². The first-order valence-corrected chi connectivity index (χ1v) is 10.0. The molecule has 1 aliphatic rings. The molecule has 0 aliphatic heterocycles. The van der Waals surface area contributed by atoms with E-state index in [0.29, 0.717) is 13.0 Å². The van der Waals surface area contributed by atoms with Crippen LogP contribution in [0.3, 0.4) is 0 Å². The molecule has 2 rings (SSSR count). The molecule has 1 heterocycles. The standard InChI is InChI=1S/C16H27N3O3S/c1-12-13(2)19(15-8-5-4-6-9-15)16(18-12)23(21,22)11-7-10-17-14(3)20/h15H,4-11H2,1-3H3,(H,17,20). The summed E-state index contributed by atoms with van der Waals surface area (Å²) in [7, 11) is -3.44. The summed E-state index contributed by atoms with van der Waals surface area (Å²) < 4.78 is 27.4. The number of imidazole rings is 1. The molecular weight excluding hydrogens is 314 g/mol. The Morgan fingerprint density at radius 1 is 1.26 bits per heavy atom. The average molecular weight is 341 g/mol. The number of aryl methyl sites for hydroxylation is 1. The van der Waals surface area contributed by atoms with E-state index in [1.165, 1.54) is 13.3 Å². The van der Waals surface area contributed by atoms with Gasteiger partial charge < -0.3 is 9.88 Å². The minimum Gasteiger partial charge on any atom is -0.356 e. The summed E-state index contributed by atoms with van der Waals surface area (Å²) in [5.41, 5.74) is 1.74. The Bertz CT molecular complexity index is 658. The fourth-order valence-corrected chi connectivity index (χ4v) is 4.77. The van der Waals surface area contributed by atoms with Crippen molar-refractivity contribution in [3.8, 4) is 0 Å². The number of nitrogens with zero attached hydrogens (tertiary/aromatic N) is 2. The maximum Gasteiger partial charge on any atom is 0.228 e. The van der Waals surface area contributed by atoms with E-state index in [0.717, 1.165) is 37.1 Å². The largest absolute Gasteiger partial charge is 0.356 e. The number of aromatic nitrogens is 2. The molecule has 1 saturated carbocycles. The van der Waals surface area contributed by atoms with Gasteiger partial charge in [0.15, 0.2) is 0 Å². The van der Waals surface area contributed by atoms with Gasteiger partial charge in [-0.1, -0.05) is 19.3 Å². The lowest BCUT2D eigenvalue weighted by atomic mass is 9.95. The molecule has 0 saturated heterocycles. The average Bonchev–Trinajstić information content (AvgIpc) is 2.81. The Balaban J connectivity index is 2.20. The number of carbonyl (C=O) groups is 1. The third-order valence-corrected chi connectivity index (χ3v) is 6.21. The van der Waals surface area contributed by atoms with Gasteiger partial charge in [0.2, 0.25) is 20.9 Å². The molecule has 1 N–H and O–H groups in total. The van der Waals surface area contributed by atoms with E-state index < -0.39 is 9.84 Å². The number of rotatable bonds is 6. The molecule has 0 spiro atoms. The van der Waals surface area contributed by atoms with E-state index >= 15 is 0 Å². The van der Waals surface area contributed by atoms with Gasteiger partial charge in [0, 0.05) is 25.2 Å². The van der Waals surface area contributed by atoms with Crippen LogP contribution in [-0.4, -0.2) is 36.2 Å². The van der Waals surface area contributed by atoms with Crippen LogP contribution in [0.15, 0.2) is 5.16 Å².